The highest BCUT2D eigenvalue weighted by Gasteiger charge is 2.53. The first-order valence-corrected chi connectivity index (χ1v) is 5.35. The van der Waals surface area contributed by atoms with E-state index in [2.05, 4.69) is 5.32 Å². The van der Waals surface area contributed by atoms with Gasteiger partial charge in [0.2, 0.25) is 0 Å². The van der Waals surface area contributed by atoms with Crippen molar-refractivity contribution >= 4 is 12.4 Å². The first-order valence-electron chi connectivity index (χ1n) is 5.35. The lowest BCUT2D eigenvalue weighted by Gasteiger charge is -2.42. The van der Waals surface area contributed by atoms with Gasteiger partial charge in [0.1, 0.15) is 11.4 Å². The number of nitrogens with one attached hydrogen (secondary N) is 1. The second-order valence-electron chi connectivity index (χ2n) is 4.34. The molecule has 0 radical (unpaired) electrons. The molecule has 1 aromatic carbocycles. The van der Waals surface area contributed by atoms with Crippen molar-refractivity contribution in [1.82, 2.24) is 5.32 Å². The highest BCUT2D eigenvalue weighted by molar-refractivity contribution is 5.85. The lowest BCUT2D eigenvalue weighted by molar-refractivity contribution is -0.111. The van der Waals surface area contributed by atoms with Crippen LogP contribution in [-0.4, -0.2) is 12.5 Å². The molecule has 0 amide bonds. The third-order valence-corrected chi connectivity index (χ3v) is 3.29. The van der Waals surface area contributed by atoms with Crippen molar-refractivity contribution in [2.24, 2.45) is 0 Å². The van der Waals surface area contributed by atoms with E-state index >= 15 is 0 Å². The monoisotopic (exact) mass is 265 g/mol. The van der Waals surface area contributed by atoms with E-state index in [1.807, 2.05) is 0 Å². The van der Waals surface area contributed by atoms with Gasteiger partial charge in [-0.15, -0.1) is 12.4 Å². The SMILES string of the molecule is CC1(c2ccccc2F)NCCCC1(F)F.Cl. The Morgan fingerprint density at radius 3 is 2.47 bits per heavy atom. The zero-order chi connectivity index (χ0) is 11.8. The smallest absolute Gasteiger partial charge is 0.269 e. The van der Waals surface area contributed by atoms with E-state index in [0.29, 0.717) is 13.0 Å². The van der Waals surface area contributed by atoms with Gasteiger partial charge in [-0.1, -0.05) is 18.2 Å². The van der Waals surface area contributed by atoms with Gasteiger partial charge >= 0.3 is 0 Å². The normalized spacial score (nSPS) is 27.3. The lowest BCUT2D eigenvalue weighted by Crippen LogP contribution is -2.57. The quantitative estimate of drug-likeness (QED) is 0.820. The number of piperidine rings is 1. The molecule has 1 N–H and O–H groups in total. The van der Waals surface area contributed by atoms with Crippen molar-refractivity contribution in [3.63, 3.8) is 0 Å². The van der Waals surface area contributed by atoms with E-state index < -0.39 is 17.3 Å². The van der Waals surface area contributed by atoms with Gasteiger partial charge in [0, 0.05) is 12.0 Å². The summed E-state index contributed by atoms with van der Waals surface area (Å²) in [4.78, 5) is 0. The van der Waals surface area contributed by atoms with Crippen LogP contribution >= 0.6 is 12.4 Å². The molecule has 0 aromatic heterocycles. The summed E-state index contributed by atoms with van der Waals surface area (Å²) in [6.07, 6.45) is 0.210. The minimum Gasteiger partial charge on any atom is -0.303 e. The number of alkyl halides is 2. The zero-order valence-corrected chi connectivity index (χ0v) is 10.3. The second-order valence-corrected chi connectivity index (χ2v) is 4.34. The summed E-state index contributed by atoms with van der Waals surface area (Å²) in [6, 6.07) is 5.72. The van der Waals surface area contributed by atoms with Crippen molar-refractivity contribution < 1.29 is 13.2 Å². The van der Waals surface area contributed by atoms with E-state index in [-0.39, 0.29) is 24.4 Å². The summed E-state index contributed by atoms with van der Waals surface area (Å²) in [6.45, 7) is 1.85. The van der Waals surface area contributed by atoms with Crippen molar-refractivity contribution in [2.45, 2.75) is 31.2 Å². The van der Waals surface area contributed by atoms with Crippen LogP contribution in [0.25, 0.3) is 0 Å². The van der Waals surface area contributed by atoms with Crippen LogP contribution in [0.5, 0.6) is 0 Å². The molecule has 1 saturated heterocycles. The van der Waals surface area contributed by atoms with Crippen molar-refractivity contribution in [3.05, 3.63) is 35.6 Å². The summed E-state index contributed by atoms with van der Waals surface area (Å²) < 4.78 is 41.4. The number of hydrogen-bond acceptors (Lipinski definition) is 1. The maximum absolute atomic E-state index is 13.9. The fraction of sp³-hybridized carbons (Fsp3) is 0.500. The molecule has 1 unspecified atom stereocenters. The van der Waals surface area contributed by atoms with E-state index in [1.54, 1.807) is 6.07 Å². The van der Waals surface area contributed by atoms with Crippen LogP contribution < -0.4 is 5.32 Å². The standard InChI is InChI=1S/C12H14F3N.ClH/c1-11(9-5-2-3-6-10(9)13)12(14,15)7-4-8-16-11;/h2-3,5-6,16H,4,7-8H2,1H3;1H. The maximum atomic E-state index is 13.9. The number of benzene rings is 1. The Hall–Kier alpha value is -0.740. The third kappa shape index (κ3) is 2.29. The van der Waals surface area contributed by atoms with Crippen LogP contribution in [-0.2, 0) is 5.54 Å². The van der Waals surface area contributed by atoms with E-state index in [1.165, 1.54) is 25.1 Å². The lowest BCUT2D eigenvalue weighted by atomic mass is 9.80. The van der Waals surface area contributed by atoms with Gasteiger partial charge in [0.15, 0.2) is 0 Å². The molecule has 1 atom stereocenters. The predicted octanol–water partition coefficient (Wildman–Crippen LogP) is 3.48. The molecule has 1 aliphatic heterocycles. The molecule has 2 rings (SSSR count). The first-order chi connectivity index (χ1) is 7.47. The third-order valence-electron chi connectivity index (χ3n) is 3.29. The Labute approximate surface area is 105 Å². The molecule has 0 saturated carbocycles. The molecule has 0 aliphatic carbocycles. The number of hydrogen-bond donors (Lipinski definition) is 1. The van der Waals surface area contributed by atoms with Gasteiger partial charge in [-0.2, -0.15) is 0 Å². The predicted molar refractivity (Wildman–Crippen MR) is 63.2 cm³/mol. The topological polar surface area (TPSA) is 12.0 Å². The molecule has 0 spiro atoms. The van der Waals surface area contributed by atoms with Gasteiger partial charge in [-0.3, -0.25) is 0 Å². The minimum absolute atomic E-state index is 0. The highest BCUT2D eigenvalue weighted by atomic mass is 35.5. The average molecular weight is 266 g/mol. The summed E-state index contributed by atoms with van der Waals surface area (Å²) in [5.74, 6) is -3.51. The van der Waals surface area contributed by atoms with Crippen molar-refractivity contribution in [3.8, 4) is 0 Å². The molecule has 5 heteroatoms. The molecule has 1 heterocycles. The Kier molecular flexibility index (Phi) is 4.10. The zero-order valence-electron chi connectivity index (χ0n) is 9.47. The second kappa shape index (κ2) is 4.86. The fourth-order valence-corrected chi connectivity index (χ4v) is 2.19. The average Bonchev–Trinajstić information content (AvgIpc) is 2.23. The fourth-order valence-electron chi connectivity index (χ4n) is 2.19. The molecular formula is C12H15ClF3N. The maximum Gasteiger partial charge on any atom is 0.269 e. The molecule has 96 valence electrons. The van der Waals surface area contributed by atoms with Crippen LogP contribution in [0.15, 0.2) is 24.3 Å². The van der Waals surface area contributed by atoms with Crippen molar-refractivity contribution in [1.29, 1.82) is 0 Å². The molecule has 0 bridgehead atoms. The van der Waals surface area contributed by atoms with Gasteiger partial charge in [-0.05, 0) is 26.0 Å². The summed E-state index contributed by atoms with van der Waals surface area (Å²) in [5, 5.41) is 2.75. The molecule has 1 fully saturated rings. The van der Waals surface area contributed by atoms with E-state index in [9.17, 15) is 13.2 Å². The van der Waals surface area contributed by atoms with Gasteiger partial charge in [-0.25, -0.2) is 13.2 Å². The summed E-state index contributed by atoms with van der Waals surface area (Å²) in [7, 11) is 0. The Balaban J connectivity index is 0.00000144. The van der Waals surface area contributed by atoms with Gasteiger partial charge in [0.25, 0.3) is 5.92 Å². The molecule has 1 aliphatic rings. The minimum atomic E-state index is -2.92. The summed E-state index contributed by atoms with van der Waals surface area (Å²) >= 11 is 0. The summed E-state index contributed by atoms with van der Waals surface area (Å²) in [5.41, 5.74) is -1.56. The number of rotatable bonds is 1. The van der Waals surface area contributed by atoms with E-state index in [0.717, 1.165) is 0 Å². The number of halogens is 4. The highest BCUT2D eigenvalue weighted by Crippen LogP contribution is 2.43. The Morgan fingerprint density at radius 1 is 1.24 bits per heavy atom. The van der Waals surface area contributed by atoms with Crippen LogP contribution in [0.3, 0.4) is 0 Å². The molecule has 1 nitrogen and oxygen atoms in total. The van der Waals surface area contributed by atoms with Crippen LogP contribution in [0.4, 0.5) is 13.2 Å². The Morgan fingerprint density at radius 2 is 1.88 bits per heavy atom. The van der Waals surface area contributed by atoms with Crippen LogP contribution in [0, 0.1) is 5.82 Å². The first kappa shape index (κ1) is 14.3. The van der Waals surface area contributed by atoms with Crippen LogP contribution in [0.2, 0.25) is 0 Å². The Bertz CT molecular complexity index is 397. The van der Waals surface area contributed by atoms with Gasteiger partial charge < -0.3 is 5.32 Å². The molecular weight excluding hydrogens is 251 g/mol. The molecule has 1 aromatic rings. The molecule has 17 heavy (non-hydrogen) atoms. The van der Waals surface area contributed by atoms with Crippen molar-refractivity contribution in [2.75, 3.05) is 6.54 Å². The largest absolute Gasteiger partial charge is 0.303 e. The van der Waals surface area contributed by atoms with E-state index in [4.69, 9.17) is 0 Å². The van der Waals surface area contributed by atoms with Gasteiger partial charge in [0.05, 0.1) is 0 Å². The van der Waals surface area contributed by atoms with Crippen LogP contribution in [0.1, 0.15) is 25.3 Å².